The average Bonchev–Trinajstić information content (AvgIpc) is 0.869. The summed E-state index contributed by atoms with van der Waals surface area (Å²) >= 11 is 0. The first-order valence-electron chi connectivity index (χ1n) is 41.7. The van der Waals surface area contributed by atoms with Crippen LogP contribution in [-0.2, 0) is 0 Å². The van der Waals surface area contributed by atoms with E-state index in [1.807, 2.05) is 207 Å². The van der Waals surface area contributed by atoms with Gasteiger partial charge in [0.1, 0.15) is 11.5 Å². The highest BCUT2D eigenvalue weighted by Crippen LogP contribution is 2.46. The van der Waals surface area contributed by atoms with Gasteiger partial charge in [-0.25, -0.2) is 49.9 Å². The van der Waals surface area contributed by atoms with Crippen LogP contribution in [0.1, 0.15) is 30.3 Å². The number of aliphatic imine (C=N–C) groups is 2. The molecule has 0 spiro atoms. The first kappa shape index (κ1) is 75.0. The number of aromatic nitrogens is 9. The average molecular weight is 1590 g/mol. The van der Waals surface area contributed by atoms with E-state index in [0.717, 1.165) is 111 Å². The molecule has 0 bridgehead atoms. The maximum Gasteiger partial charge on any atom is 0.252 e. The van der Waals surface area contributed by atoms with Crippen LogP contribution in [0.5, 0.6) is 0 Å². The molecule has 586 valence electrons. The lowest BCUT2D eigenvalue weighted by molar-refractivity contribution is 1.07. The highest BCUT2D eigenvalue weighted by Gasteiger charge is 2.43. The molecule has 0 aliphatic carbocycles. The maximum atomic E-state index is 5.98. The molecule has 2 aliphatic rings. The Morgan fingerprint density at radius 1 is 0.323 bits per heavy atom. The predicted molar refractivity (Wildman–Crippen MR) is 509 cm³/mol. The summed E-state index contributed by atoms with van der Waals surface area (Å²) in [5.41, 5.74) is 25.4. The smallest absolute Gasteiger partial charge is 0.252 e. The molecule has 0 unspecified atom stereocenters. The van der Waals surface area contributed by atoms with Gasteiger partial charge in [0.2, 0.25) is 0 Å². The molecule has 0 amide bonds. The molecule has 1 N–H and O–H groups in total. The molecule has 15 aromatic carbocycles. The van der Waals surface area contributed by atoms with Gasteiger partial charge in [0.25, 0.3) is 6.71 Å². The van der Waals surface area contributed by atoms with Gasteiger partial charge in [-0.15, -0.1) is 0 Å². The largest absolute Gasteiger partial charge is 0.373 e. The van der Waals surface area contributed by atoms with E-state index < -0.39 is 0 Å². The highest BCUT2D eigenvalue weighted by atomic mass is 15.2. The number of para-hydroxylation sites is 3. The van der Waals surface area contributed by atoms with Crippen LogP contribution in [0.2, 0.25) is 0 Å². The molecule has 0 saturated carbocycles. The van der Waals surface area contributed by atoms with Crippen LogP contribution in [0.15, 0.2) is 423 Å². The minimum atomic E-state index is 0.0410. The van der Waals surface area contributed by atoms with Gasteiger partial charge in [-0.05, 0) is 131 Å². The van der Waals surface area contributed by atoms with E-state index in [2.05, 4.69) is 239 Å². The summed E-state index contributed by atoms with van der Waals surface area (Å²) in [6.45, 7) is 2.18. The fraction of sp³-hybridized carbons (Fsp3) is 0.0275. The van der Waals surface area contributed by atoms with Crippen molar-refractivity contribution >= 4 is 102 Å². The zero-order chi connectivity index (χ0) is 82.8. The van der Waals surface area contributed by atoms with Crippen LogP contribution in [0, 0.1) is 0 Å². The standard InChI is InChI=1S/C109H77BN14/c1-3-4-52-98(124-92-67-63-82(107-118-103(78-40-19-8-20-41-78)116-104(119-107)79-42-21-9-22-43-79)69-86(92)87-70-83(64-68-93(87)124)108-120-105(80-44-23-10-24-45-80)117-106(121-108)81-46-25-11-26-47-81)100(114-102(77-38-17-7-18-39-77)115-101(111-2)76-36-15-6-16-37-76)109-112-90(74-34-13-5-14-35-74)71-91(113-109)75-59-57-72(58-60-75)73-61-65-85(66-62-73)123-95-54-32-30-51-89(95)110-88-50-29-31-53-94(88)122(84-48-27-12-28-49-84)96-55-33-56-97(123)99(96)110/h4-71H,3H2,1-2H3,(H,111,114,115)/b52-4-,100-98+. The Kier molecular flexibility index (Phi) is 20.0. The number of nitrogens with one attached hydrogen (secondary N) is 1. The van der Waals surface area contributed by atoms with Crippen molar-refractivity contribution in [3.63, 3.8) is 0 Å². The van der Waals surface area contributed by atoms with Gasteiger partial charge < -0.3 is 19.7 Å². The first-order valence-corrected chi connectivity index (χ1v) is 41.7. The topological polar surface area (TPSA) is 151 Å². The van der Waals surface area contributed by atoms with Gasteiger partial charge in [0, 0.05) is 108 Å². The van der Waals surface area contributed by atoms with E-state index in [1.165, 1.54) is 27.8 Å². The quantitative estimate of drug-likeness (QED) is 0.0378. The van der Waals surface area contributed by atoms with E-state index in [1.54, 1.807) is 0 Å². The van der Waals surface area contributed by atoms with Gasteiger partial charge in [-0.1, -0.05) is 322 Å². The first-order chi connectivity index (χ1) is 61.4. The summed E-state index contributed by atoms with van der Waals surface area (Å²) in [7, 11) is 1.89. The van der Waals surface area contributed by atoms with Crippen molar-refractivity contribution < 1.29 is 0 Å². The maximum absolute atomic E-state index is 5.98. The summed E-state index contributed by atoms with van der Waals surface area (Å²) in [6, 6.07) is 139. The van der Waals surface area contributed by atoms with Crippen LogP contribution in [0.25, 0.3) is 135 Å². The molecule has 2 aliphatic heterocycles. The van der Waals surface area contributed by atoms with Crippen molar-refractivity contribution in [3.05, 3.63) is 429 Å². The SMILES string of the molecule is CC/C=C\C(=C(/N=C(N=C(NC)c1ccccc1)c1ccccc1)c1nc(-c2ccccc2)cc(-c2ccc(-c3ccc(N4c5ccccc5B5c6ccccc6N(c6ccccc6)c6cccc4c65)cc3)cc2)n1)n1c2ccc(-c3nc(-c4ccccc4)nc(-c4ccccc4)n3)cc2c2cc(-c3nc(-c4ccccc4)nc(-c4ccccc4)n3)ccc21. The van der Waals surface area contributed by atoms with E-state index in [9.17, 15) is 0 Å². The minimum Gasteiger partial charge on any atom is -0.373 e. The highest BCUT2D eigenvalue weighted by molar-refractivity contribution is 7.00. The number of hydrogen-bond acceptors (Lipinski definition) is 11. The number of rotatable bonds is 18. The normalized spacial score (nSPS) is 12.6. The molecule has 19 aromatic rings. The molecule has 6 heterocycles. The van der Waals surface area contributed by atoms with Gasteiger partial charge >= 0.3 is 0 Å². The third-order valence-corrected chi connectivity index (χ3v) is 22.9. The molecular formula is C109H77BN14. The molecule has 124 heavy (non-hydrogen) atoms. The molecule has 0 saturated heterocycles. The number of hydrogen-bond donors (Lipinski definition) is 1. The summed E-state index contributed by atoms with van der Waals surface area (Å²) in [5.74, 6) is 4.57. The summed E-state index contributed by atoms with van der Waals surface area (Å²) in [5, 5.41) is 5.21. The molecule has 21 rings (SSSR count). The van der Waals surface area contributed by atoms with Gasteiger partial charge in [-0.2, -0.15) is 0 Å². The third kappa shape index (κ3) is 14.3. The second kappa shape index (κ2) is 33.0. The molecule has 15 heteroatoms. The molecular weight excluding hydrogens is 1520 g/mol. The number of nitrogens with zero attached hydrogens (tertiary/aromatic N) is 13. The van der Waals surface area contributed by atoms with Crippen molar-refractivity contribution in [3.8, 4) is 102 Å². The fourth-order valence-corrected chi connectivity index (χ4v) is 17.0. The number of amidine groups is 2. The van der Waals surface area contributed by atoms with Crippen molar-refractivity contribution in [1.82, 2.24) is 49.8 Å². The summed E-state index contributed by atoms with van der Waals surface area (Å²) < 4.78 is 2.29. The van der Waals surface area contributed by atoms with E-state index >= 15 is 0 Å². The van der Waals surface area contributed by atoms with Crippen molar-refractivity contribution in [1.29, 1.82) is 0 Å². The Morgan fingerprint density at radius 3 is 1.12 bits per heavy atom. The molecule has 0 radical (unpaired) electrons. The van der Waals surface area contributed by atoms with Crippen LogP contribution < -0.4 is 31.5 Å². The fourth-order valence-electron chi connectivity index (χ4n) is 17.0. The van der Waals surface area contributed by atoms with E-state index in [4.69, 9.17) is 49.9 Å². The Morgan fingerprint density at radius 2 is 0.677 bits per heavy atom. The van der Waals surface area contributed by atoms with Crippen molar-refractivity contribution in [2.75, 3.05) is 16.8 Å². The van der Waals surface area contributed by atoms with Crippen molar-refractivity contribution in [2.24, 2.45) is 9.98 Å². The second-order valence-corrected chi connectivity index (χ2v) is 30.5. The number of allylic oxidation sites excluding steroid dienone is 3. The third-order valence-electron chi connectivity index (χ3n) is 22.9. The van der Waals surface area contributed by atoms with Gasteiger partial charge in [0.05, 0.1) is 28.1 Å². The Balaban J connectivity index is 0.761. The van der Waals surface area contributed by atoms with Crippen molar-refractivity contribution in [2.45, 2.75) is 13.3 Å². The zero-order valence-electron chi connectivity index (χ0n) is 67.9. The lowest BCUT2D eigenvalue weighted by atomic mass is 9.33. The lowest BCUT2D eigenvalue weighted by Gasteiger charge is -2.44. The molecule has 0 atom stereocenters. The Labute approximate surface area is 718 Å². The Bertz CT molecular complexity index is 7040. The van der Waals surface area contributed by atoms with Crippen LogP contribution >= 0.6 is 0 Å². The minimum absolute atomic E-state index is 0.0410. The van der Waals surface area contributed by atoms with E-state index in [0.29, 0.717) is 81.6 Å². The zero-order valence-corrected chi connectivity index (χ0v) is 67.9. The lowest BCUT2D eigenvalue weighted by Crippen LogP contribution is -2.61. The number of benzene rings is 15. The predicted octanol–water partition coefficient (Wildman–Crippen LogP) is 23.4. The molecule has 14 nitrogen and oxygen atoms in total. The summed E-state index contributed by atoms with van der Waals surface area (Å²) in [4.78, 5) is 59.3. The van der Waals surface area contributed by atoms with Gasteiger partial charge in [-0.3, -0.25) is 0 Å². The van der Waals surface area contributed by atoms with Crippen LogP contribution in [0.4, 0.5) is 34.1 Å². The van der Waals surface area contributed by atoms with Crippen LogP contribution in [-0.4, -0.2) is 69.9 Å². The van der Waals surface area contributed by atoms with Crippen LogP contribution in [0.3, 0.4) is 0 Å². The number of anilines is 6. The second-order valence-electron chi connectivity index (χ2n) is 30.5. The molecule has 4 aromatic heterocycles. The molecule has 0 fully saturated rings. The Hall–Kier alpha value is -16.5. The summed E-state index contributed by atoms with van der Waals surface area (Å²) in [6.07, 6.45) is 4.99. The van der Waals surface area contributed by atoms with E-state index in [-0.39, 0.29) is 6.71 Å². The van der Waals surface area contributed by atoms with Gasteiger partial charge in [0.15, 0.2) is 46.6 Å². The monoisotopic (exact) mass is 1590 g/mol. The number of fused-ring (bicyclic) bond motifs is 7.